The van der Waals surface area contributed by atoms with E-state index in [0.29, 0.717) is 11.6 Å². The molecule has 0 aliphatic carbocycles. The van der Waals surface area contributed by atoms with Crippen molar-refractivity contribution in [2.75, 3.05) is 12.4 Å². The maximum atomic E-state index is 12.0. The number of aryl methyl sites for hydroxylation is 2. The monoisotopic (exact) mass is 303 g/mol. The number of urea groups is 1. The second-order valence-corrected chi connectivity index (χ2v) is 5.09. The van der Waals surface area contributed by atoms with Crippen LogP contribution in [0.1, 0.15) is 19.0 Å². The highest BCUT2D eigenvalue weighted by Crippen LogP contribution is 2.18. The van der Waals surface area contributed by atoms with Gasteiger partial charge in [0, 0.05) is 25.0 Å². The minimum atomic E-state index is -0.299. The molecule has 22 heavy (non-hydrogen) atoms. The van der Waals surface area contributed by atoms with Crippen LogP contribution < -0.4 is 15.4 Å². The number of carbonyl (C=O) groups excluding carboxylic acids is 1. The fourth-order valence-electron chi connectivity index (χ4n) is 2.14. The first-order chi connectivity index (χ1) is 10.6. The zero-order valence-electron chi connectivity index (χ0n) is 13.0. The van der Waals surface area contributed by atoms with Crippen molar-refractivity contribution in [1.82, 2.24) is 19.9 Å². The van der Waals surface area contributed by atoms with Crippen LogP contribution in [0, 0.1) is 0 Å². The van der Waals surface area contributed by atoms with Crippen molar-refractivity contribution >= 4 is 11.7 Å². The van der Waals surface area contributed by atoms with Crippen LogP contribution in [0.4, 0.5) is 10.5 Å². The highest BCUT2D eigenvalue weighted by Gasteiger charge is 2.11. The van der Waals surface area contributed by atoms with Gasteiger partial charge in [0.15, 0.2) is 0 Å². The molecule has 2 aromatic rings. The molecule has 2 N–H and O–H groups in total. The van der Waals surface area contributed by atoms with E-state index < -0.39 is 0 Å². The lowest BCUT2D eigenvalue weighted by Crippen LogP contribution is -2.36. The summed E-state index contributed by atoms with van der Waals surface area (Å²) in [4.78, 5) is 19.8. The molecule has 2 aromatic heterocycles. The Balaban J connectivity index is 1.82. The Morgan fingerprint density at radius 3 is 3.00 bits per heavy atom. The third-order valence-electron chi connectivity index (χ3n) is 3.38. The number of methoxy groups -OCH3 is 1. The Hall–Kier alpha value is -2.57. The van der Waals surface area contributed by atoms with E-state index in [1.165, 1.54) is 25.3 Å². The standard InChI is InChI=1S/C15H21N5O2/c1-11(6-7-12-5-4-8-20(12)2)18-15(21)19-13-9-16-10-17-14(13)22-3/h4-5,8-11H,6-7H2,1-3H3,(H2,18,19,21)/t11-/m1/s1. The van der Waals surface area contributed by atoms with Crippen LogP contribution >= 0.6 is 0 Å². The predicted octanol–water partition coefficient (Wildman–Crippen LogP) is 1.97. The Bertz CT molecular complexity index is 626. The number of amides is 2. The molecule has 0 spiro atoms. The summed E-state index contributed by atoms with van der Waals surface area (Å²) in [6.07, 6.45) is 6.64. The fourth-order valence-corrected chi connectivity index (χ4v) is 2.14. The summed E-state index contributed by atoms with van der Waals surface area (Å²) in [7, 11) is 3.51. The van der Waals surface area contributed by atoms with Gasteiger partial charge in [0.05, 0.1) is 13.3 Å². The molecule has 2 amide bonds. The molecule has 0 radical (unpaired) electrons. The number of hydrogen-bond donors (Lipinski definition) is 2. The van der Waals surface area contributed by atoms with Crippen LogP contribution in [0.5, 0.6) is 5.88 Å². The summed E-state index contributed by atoms with van der Waals surface area (Å²) in [5.41, 5.74) is 1.68. The molecule has 0 aliphatic rings. The average Bonchev–Trinajstić information content (AvgIpc) is 2.91. The molecule has 2 heterocycles. The van der Waals surface area contributed by atoms with Gasteiger partial charge in [-0.2, -0.15) is 4.98 Å². The first-order valence-electron chi connectivity index (χ1n) is 7.12. The maximum absolute atomic E-state index is 12.0. The molecule has 118 valence electrons. The number of aromatic nitrogens is 3. The van der Waals surface area contributed by atoms with Crippen LogP contribution in [0.3, 0.4) is 0 Å². The predicted molar refractivity (Wildman–Crippen MR) is 83.9 cm³/mol. The molecular formula is C15H21N5O2. The third kappa shape index (κ3) is 4.21. The lowest BCUT2D eigenvalue weighted by Gasteiger charge is -2.15. The van der Waals surface area contributed by atoms with Crippen LogP contribution in [0.15, 0.2) is 30.9 Å². The van der Waals surface area contributed by atoms with Gasteiger partial charge in [-0.25, -0.2) is 9.78 Å². The van der Waals surface area contributed by atoms with Crippen molar-refractivity contribution in [3.05, 3.63) is 36.5 Å². The van der Waals surface area contributed by atoms with Crippen molar-refractivity contribution in [2.24, 2.45) is 7.05 Å². The van der Waals surface area contributed by atoms with Crippen molar-refractivity contribution in [1.29, 1.82) is 0 Å². The maximum Gasteiger partial charge on any atom is 0.319 e. The third-order valence-corrected chi connectivity index (χ3v) is 3.38. The number of ether oxygens (including phenoxy) is 1. The Morgan fingerprint density at radius 1 is 1.50 bits per heavy atom. The quantitative estimate of drug-likeness (QED) is 0.855. The van der Waals surface area contributed by atoms with Crippen LogP contribution in [-0.4, -0.2) is 33.7 Å². The van der Waals surface area contributed by atoms with E-state index in [0.717, 1.165) is 12.8 Å². The summed E-state index contributed by atoms with van der Waals surface area (Å²) < 4.78 is 7.15. The van der Waals surface area contributed by atoms with E-state index in [4.69, 9.17) is 4.74 Å². The largest absolute Gasteiger partial charge is 0.479 e. The lowest BCUT2D eigenvalue weighted by atomic mass is 10.1. The van der Waals surface area contributed by atoms with Crippen LogP contribution in [-0.2, 0) is 13.5 Å². The summed E-state index contributed by atoms with van der Waals surface area (Å²) in [5, 5.41) is 5.58. The molecule has 0 unspecified atom stereocenters. The highest BCUT2D eigenvalue weighted by atomic mass is 16.5. The smallest absolute Gasteiger partial charge is 0.319 e. The normalized spacial score (nSPS) is 11.8. The molecule has 0 saturated heterocycles. The van der Waals surface area contributed by atoms with E-state index in [2.05, 4.69) is 31.2 Å². The first kappa shape index (κ1) is 15.8. The van der Waals surface area contributed by atoms with E-state index >= 15 is 0 Å². The van der Waals surface area contributed by atoms with Gasteiger partial charge < -0.3 is 19.9 Å². The number of hydrogen-bond acceptors (Lipinski definition) is 4. The molecule has 0 aliphatic heterocycles. The second-order valence-electron chi connectivity index (χ2n) is 5.09. The molecule has 0 aromatic carbocycles. The van der Waals surface area contributed by atoms with E-state index in [-0.39, 0.29) is 12.1 Å². The minimum Gasteiger partial charge on any atom is -0.479 e. The topological polar surface area (TPSA) is 81.1 Å². The van der Waals surface area contributed by atoms with Gasteiger partial charge in [-0.3, -0.25) is 0 Å². The number of nitrogens with one attached hydrogen (secondary N) is 2. The van der Waals surface area contributed by atoms with Crippen molar-refractivity contribution < 1.29 is 9.53 Å². The number of nitrogens with zero attached hydrogens (tertiary/aromatic N) is 3. The summed E-state index contributed by atoms with van der Waals surface area (Å²) >= 11 is 0. The zero-order valence-corrected chi connectivity index (χ0v) is 13.0. The average molecular weight is 303 g/mol. The summed E-state index contributed by atoms with van der Waals surface area (Å²) in [6.45, 7) is 1.97. The Kier molecular flexibility index (Phi) is 5.35. The molecule has 0 bridgehead atoms. The van der Waals surface area contributed by atoms with Crippen molar-refractivity contribution in [3.8, 4) is 5.88 Å². The fraction of sp³-hybridized carbons (Fsp3) is 0.400. The number of anilines is 1. The van der Waals surface area contributed by atoms with E-state index in [1.807, 2.05) is 26.2 Å². The molecular weight excluding hydrogens is 282 g/mol. The van der Waals surface area contributed by atoms with Gasteiger partial charge in [0.2, 0.25) is 5.88 Å². The van der Waals surface area contributed by atoms with Gasteiger partial charge in [0.25, 0.3) is 0 Å². The van der Waals surface area contributed by atoms with Crippen molar-refractivity contribution in [2.45, 2.75) is 25.8 Å². The molecule has 1 atom stereocenters. The van der Waals surface area contributed by atoms with Gasteiger partial charge in [0.1, 0.15) is 12.0 Å². The van der Waals surface area contributed by atoms with Crippen LogP contribution in [0.2, 0.25) is 0 Å². The molecule has 0 saturated carbocycles. The SMILES string of the molecule is COc1ncncc1NC(=O)N[C@H](C)CCc1cccn1C. The Morgan fingerprint density at radius 2 is 2.32 bits per heavy atom. The molecule has 7 heteroatoms. The zero-order chi connectivity index (χ0) is 15.9. The van der Waals surface area contributed by atoms with Gasteiger partial charge >= 0.3 is 6.03 Å². The second kappa shape index (κ2) is 7.44. The highest BCUT2D eigenvalue weighted by molar-refractivity contribution is 5.90. The summed E-state index contributed by atoms with van der Waals surface area (Å²) in [6, 6.07) is 3.85. The lowest BCUT2D eigenvalue weighted by molar-refractivity contribution is 0.248. The van der Waals surface area contributed by atoms with Gasteiger partial charge in [-0.15, -0.1) is 0 Å². The first-order valence-corrected chi connectivity index (χ1v) is 7.12. The van der Waals surface area contributed by atoms with Gasteiger partial charge in [-0.1, -0.05) is 0 Å². The molecule has 7 nitrogen and oxygen atoms in total. The number of carbonyl (C=O) groups is 1. The Labute approximate surface area is 129 Å². The van der Waals surface area contributed by atoms with E-state index in [1.54, 1.807) is 0 Å². The van der Waals surface area contributed by atoms with Crippen molar-refractivity contribution in [3.63, 3.8) is 0 Å². The molecule has 0 fully saturated rings. The number of rotatable bonds is 6. The van der Waals surface area contributed by atoms with Crippen LogP contribution in [0.25, 0.3) is 0 Å². The van der Waals surface area contributed by atoms with Gasteiger partial charge in [-0.05, 0) is 31.9 Å². The summed E-state index contributed by atoms with van der Waals surface area (Å²) in [5.74, 6) is 0.335. The molecule has 2 rings (SSSR count). The minimum absolute atomic E-state index is 0.0468. The van der Waals surface area contributed by atoms with E-state index in [9.17, 15) is 4.79 Å².